The van der Waals surface area contributed by atoms with E-state index in [4.69, 9.17) is 9.57 Å². The summed E-state index contributed by atoms with van der Waals surface area (Å²) in [7, 11) is -3.81. The van der Waals surface area contributed by atoms with Crippen LogP contribution in [0.5, 0.6) is 5.88 Å². The van der Waals surface area contributed by atoms with Crippen molar-refractivity contribution in [3.63, 3.8) is 0 Å². The summed E-state index contributed by atoms with van der Waals surface area (Å²) in [6.07, 6.45) is 2.36. The molecule has 1 aliphatic heterocycles. The van der Waals surface area contributed by atoms with E-state index in [-0.39, 0.29) is 35.9 Å². The smallest absolute Gasteiger partial charge is 0.284 e. The quantitative estimate of drug-likeness (QED) is 0.627. The Morgan fingerprint density at radius 3 is 2.90 bits per heavy atom. The second-order valence-electron chi connectivity index (χ2n) is 3.85. The normalized spacial score (nSPS) is 19.4. The van der Waals surface area contributed by atoms with E-state index in [1.54, 1.807) is 6.92 Å². The third-order valence-corrected chi connectivity index (χ3v) is 4.22. The third-order valence-electron chi connectivity index (χ3n) is 2.38. The molecule has 1 aromatic rings. The van der Waals surface area contributed by atoms with Crippen molar-refractivity contribution in [3.8, 4) is 17.7 Å². The van der Waals surface area contributed by atoms with E-state index in [1.165, 1.54) is 6.20 Å². The Labute approximate surface area is 122 Å². The minimum absolute atomic E-state index is 0.145. The first-order chi connectivity index (χ1) is 9.54. The first kappa shape index (κ1) is 15.1. The zero-order chi connectivity index (χ0) is 14.6. The average Bonchev–Trinajstić information content (AvgIpc) is 2.87. The van der Waals surface area contributed by atoms with Crippen LogP contribution in [0, 0.1) is 11.8 Å². The van der Waals surface area contributed by atoms with Crippen molar-refractivity contribution in [2.45, 2.75) is 17.2 Å². The molecule has 0 bridgehead atoms. The summed E-state index contributed by atoms with van der Waals surface area (Å²) in [6, 6.07) is 0. The van der Waals surface area contributed by atoms with Gasteiger partial charge >= 0.3 is 0 Å². The topological polar surface area (TPSA) is 81.6 Å². The number of ether oxygens (including phenoxy) is 1. The van der Waals surface area contributed by atoms with Crippen LogP contribution in [0.4, 0.5) is 0 Å². The van der Waals surface area contributed by atoms with E-state index >= 15 is 0 Å². The zero-order valence-corrected chi connectivity index (χ0v) is 12.4. The summed E-state index contributed by atoms with van der Waals surface area (Å²) < 4.78 is 30.3. The number of hydroxylamine groups is 1. The van der Waals surface area contributed by atoms with Gasteiger partial charge in [0.2, 0.25) is 5.88 Å². The molecule has 2 rings (SSSR count). The minimum Gasteiger partial charge on any atom is -0.463 e. The molecular formula is C11H13N3O4S2. The van der Waals surface area contributed by atoms with Gasteiger partial charge in [0.25, 0.3) is 10.0 Å². The fourth-order valence-corrected chi connectivity index (χ4v) is 2.89. The number of hydrogen-bond donors (Lipinski definition) is 1. The highest BCUT2D eigenvalue weighted by Crippen LogP contribution is 2.20. The van der Waals surface area contributed by atoms with Crippen molar-refractivity contribution in [2.24, 2.45) is 0 Å². The lowest BCUT2D eigenvalue weighted by Gasteiger charge is -2.13. The molecule has 0 saturated carbocycles. The van der Waals surface area contributed by atoms with Gasteiger partial charge in [-0.3, -0.25) is 4.84 Å². The van der Waals surface area contributed by atoms with E-state index in [0.717, 1.165) is 10.7 Å². The number of nitrogens with zero attached hydrogens (tertiary/aromatic N) is 3. The second kappa shape index (κ2) is 6.41. The van der Waals surface area contributed by atoms with Crippen molar-refractivity contribution in [3.05, 3.63) is 12.4 Å². The van der Waals surface area contributed by atoms with Gasteiger partial charge in [0, 0.05) is 5.25 Å². The first-order valence-electron chi connectivity index (χ1n) is 5.72. The Morgan fingerprint density at radius 2 is 2.35 bits per heavy atom. The molecule has 1 unspecified atom stereocenters. The van der Waals surface area contributed by atoms with E-state index in [1.807, 2.05) is 0 Å². The molecule has 0 aliphatic carbocycles. The van der Waals surface area contributed by atoms with Crippen LogP contribution in [0.25, 0.3) is 0 Å². The highest BCUT2D eigenvalue weighted by Gasteiger charge is 2.33. The average molecular weight is 315 g/mol. The van der Waals surface area contributed by atoms with Crippen molar-refractivity contribution in [2.75, 3.05) is 19.8 Å². The zero-order valence-electron chi connectivity index (χ0n) is 10.7. The van der Waals surface area contributed by atoms with E-state index in [2.05, 4.69) is 34.4 Å². The van der Waals surface area contributed by atoms with Crippen LogP contribution in [-0.2, 0) is 14.9 Å². The molecule has 0 radical (unpaired) electrons. The number of thiol groups is 1. The summed E-state index contributed by atoms with van der Waals surface area (Å²) in [6.45, 7) is 2.29. The van der Waals surface area contributed by atoms with Crippen LogP contribution >= 0.6 is 12.6 Å². The Kier molecular flexibility index (Phi) is 4.82. The molecule has 0 amide bonds. The van der Waals surface area contributed by atoms with Gasteiger partial charge < -0.3 is 4.74 Å². The maximum atomic E-state index is 12.2. The minimum atomic E-state index is -3.81. The maximum Gasteiger partial charge on any atom is 0.284 e. The predicted octanol–water partition coefficient (Wildman–Crippen LogP) is 0.113. The number of rotatable bonds is 4. The molecule has 1 saturated heterocycles. The molecule has 108 valence electrons. The lowest BCUT2D eigenvalue weighted by Crippen LogP contribution is -2.28. The van der Waals surface area contributed by atoms with Crippen molar-refractivity contribution < 1.29 is 18.0 Å². The summed E-state index contributed by atoms with van der Waals surface area (Å²) in [5.41, 5.74) is 0. The largest absolute Gasteiger partial charge is 0.463 e. The molecule has 2 heterocycles. The van der Waals surface area contributed by atoms with E-state index < -0.39 is 10.0 Å². The van der Waals surface area contributed by atoms with Crippen molar-refractivity contribution >= 4 is 22.7 Å². The van der Waals surface area contributed by atoms with Crippen molar-refractivity contribution in [1.29, 1.82) is 0 Å². The Balaban J connectivity index is 2.10. The summed E-state index contributed by atoms with van der Waals surface area (Å²) >= 11 is 4.16. The number of hydrogen-bond acceptors (Lipinski definition) is 7. The molecule has 1 fully saturated rings. The van der Waals surface area contributed by atoms with Crippen LogP contribution < -0.4 is 4.74 Å². The highest BCUT2D eigenvalue weighted by molar-refractivity contribution is 7.89. The van der Waals surface area contributed by atoms with Gasteiger partial charge in [0.1, 0.15) is 0 Å². The molecular weight excluding hydrogens is 302 g/mol. The van der Waals surface area contributed by atoms with Gasteiger partial charge in [0.05, 0.1) is 25.5 Å². The van der Waals surface area contributed by atoms with Gasteiger partial charge in [-0.1, -0.05) is 10.4 Å². The maximum absolute atomic E-state index is 12.2. The standard InChI is InChI=1S/C11H13N3O4S2/c1-2-3-4-17-10-5-13-11(6-12-10)20(15,16)14-7-9(19)8-18-14/h5-6,9,19H,4,7-8H2,1H3. The van der Waals surface area contributed by atoms with Gasteiger partial charge in [-0.05, 0) is 6.92 Å². The Morgan fingerprint density at radius 1 is 1.55 bits per heavy atom. The number of aromatic nitrogens is 2. The van der Waals surface area contributed by atoms with Crippen LogP contribution in [0.1, 0.15) is 6.92 Å². The van der Waals surface area contributed by atoms with E-state index in [0.29, 0.717) is 0 Å². The molecule has 9 heteroatoms. The molecule has 0 aromatic carbocycles. The summed E-state index contributed by atoms with van der Waals surface area (Å²) in [5, 5.41) is -0.346. The molecule has 0 spiro atoms. The van der Waals surface area contributed by atoms with Crippen LogP contribution in [-0.4, -0.2) is 47.9 Å². The highest BCUT2D eigenvalue weighted by atomic mass is 32.2. The second-order valence-corrected chi connectivity index (χ2v) is 6.35. The Hall–Kier alpha value is -1.34. The summed E-state index contributed by atoms with van der Waals surface area (Å²) in [4.78, 5) is 12.7. The van der Waals surface area contributed by atoms with Crippen LogP contribution in [0.15, 0.2) is 17.4 Å². The van der Waals surface area contributed by atoms with Gasteiger partial charge in [-0.2, -0.15) is 12.6 Å². The van der Waals surface area contributed by atoms with Crippen molar-refractivity contribution in [1.82, 2.24) is 14.4 Å². The molecule has 7 nitrogen and oxygen atoms in total. The molecule has 1 aliphatic rings. The predicted molar refractivity (Wildman–Crippen MR) is 73.6 cm³/mol. The first-order valence-corrected chi connectivity index (χ1v) is 7.68. The van der Waals surface area contributed by atoms with E-state index in [9.17, 15) is 8.42 Å². The monoisotopic (exact) mass is 315 g/mol. The SMILES string of the molecule is CC#CCOc1cnc(S(=O)(=O)N2CC(S)CO2)cn1. The molecule has 1 atom stereocenters. The van der Waals surface area contributed by atoms with Gasteiger partial charge in [-0.15, -0.1) is 5.92 Å². The molecule has 20 heavy (non-hydrogen) atoms. The molecule has 1 aromatic heterocycles. The van der Waals surface area contributed by atoms with Gasteiger partial charge in [0.15, 0.2) is 11.6 Å². The van der Waals surface area contributed by atoms with Crippen LogP contribution in [0.2, 0.25) is 0 Å². The van der Waals surface area contributed by atoms with Crippen LogP contribution in [0.3, 0.4) is 0 Å². The molecule has 0 N–H and O–H groups in total. The lowest BCUT2D eigenvalue weighted by atomic mass is 10.5. The fourth-order valence-electron chi connectivity index (χ4n) is 1.41. The number of sulfonamides is 1. The third kappa shape index (κ3) is 3.40. The Bertz CT molecular complexity index is 621. The van der Waals surface area contributed by atoms with Gasteiger partial charge in [-0.25, -0.2) is 18.4 Å². The summed E-state index contributed by atoms with van der Waals surface area (Å²) in [5.74, 6) is 5.57. The lowest BCUT2D eigenvalue weighted by molar-refractivity contribution is -0.0285. The fraction of sp³-hybridized carbons (Fsp3) is 0.455.